The van der Waals surface area contributed by atoms with Crippen molar-refractivity contribution in [2.45, 2.75) is 102 Å². The number of methoxy groups -OCH3 is 1. The number of imide groups is 1. The number of carbonyl (C=O) groups excluding carboxylic acids is 4. The topological polar surface area (TPSA) is 169 Å². The normalized spacial score (nSPS) is 17.7. The SMILES string of the molecule is COC(C(=O)NC(=O)[C@H](CSC)NC(=O)[C@H](Cc1ccccc1)NC(=O)OC(C)(C)C)C(O)C(N)CC1CCCCC1. The first-order valence-corrected chi connectivity index (χ1v) is 15.9. The van der Waals surface area contributed by atoms with Crippen molar-refractivity contribution in [1.29, 1.82) is 0 Å². The quantitative estimate of drug-likeness (QED) is 0.213. The van der Waals surface area contributed by atoms with Crippen LogP contribution in [0.3, 0.4) is 0 Å². The molecular formula is C30H48N4O7S. The van der Waals surface area contributed by atoms with Crippen LogP contribution < -0.4 is 21.7 Å². The average Bonchev–Trinajstić information content (AvgIpc) is 2.92. The number of nitrogens with two attached hydrogens (primary N) is 1. The largest absolute Gasteiger partial charge is 0.444 e. The minimum atomic E-state index is -1.36. The zero-order chi connectivity index (χ0) is 31.3. The molecule has 6 N–H and O–H groups in total. The molecule has 0 aliphatic heterocycles. The Hall–Kier alpha value is -2.67. The second-order valence-electron chi connectivity index (χ2n) is 11.8. The summed E-state index contributed by atoms with van der Waals surface area (Å²) >= 11 is 1.29. The first kappa shape index (κ1) is 35.5. The van der Waals surface area contributed by atoms with E-state index in [0.717, 1.165) is 31.2 Å². The number of alkyl carbamates (subject to hydrolysis) is 1. The Morgan fingerprint density at radius 3 is 2.21 bits per heavy atom. The molecular weight excluding hydrogens is 560 g/mol. The predicted octanol–water partition coefficient (Wildman–Crippen LogP) is 2.29. The number of hydrogen-bond donors (Lipinski definition) is 5. The van der Waals surface area contributed by atoms with Crippen LogP contribution >= 0.6 is 11.8 Å². The van der Waals surface area contributed by atoms with Crippen molar-refractivity contribution in [3.05, 3.63) is 35.9 Å². The summed E-state index contributed by atoms with van der Waals surface area (Å²) in [6.45, 7) is 5.13. The summed E-state index contributed by atoms with van der Waals surface area (Å²) < 4.78 is 10.6. The number of rotatable bonds is 14. The summed E-state index contributed by atoms with van der Waals surface area (Å²) in [5.74, 6) is -1.71. The van der Waals surface area contributed by atoms with Crippen molar-refractivity contribution < 1.29 is 33.8 Å². The van der Waals surface area contributed by atoms with E-state index in [0.29, 0.717) is 12.3 Å². The lowest BCUT2D eigenvalue weighted by Crippen LogP contribution is -2.58. The second-order valence-corrected chi connectivity index (χ2v) is 12.7. The monoisotopic (exact) mass is 608 g/mol. The van der Waals surface area contributed by atoms with Crippen LogP contribution in [-0.2, 0) is 30.3 Å². The molecule has 236 valence electrons. The van der Waals surface area contributed by atoms with E-state index in [-0.39, 0.29) is 12.2 Å². The van der Waals surface area contributed by atoms with Crippen LogP contribution in [0, 0.1) is 5.92 Å². The zero-order valence-electron chi connectivity index (χ0n) is 25.4. The third-order valence-electron chi connectivity index (χ3n) is 7.09. The second kappa shape index (κ2) is 17.4. The fourth-order valence-corrected chi connectivity index (χ4v) is 5.55. The van der Waals surface area contributed by atoms with Crippen LogP contribution in [0.5, 0.6) is 0 Å². The van der Waals surface area contributed by atoms with Gasteiger partial charge in [0.2, 0.25) is 11.8 Å². The van der Waals surface area contributed by atoms with Gasteiger partial charge in [0.15, 0.2) is 6.10 Å². The van der Waals surface area contributed by atoms with E-state index < -0.39 is 59.7 Å². The first-order chi connectivity index (χ1) is 19.8. The van der Waals surface area contributed by atoms with E-state index in [9.17, 15) is 24.3 Å². The minimum Gasteiger partial charge on any atom is -0.444 e. The van der Waals surface area contributed by atoms with Gasteiger partial charge in [-0.2, -0.15) is 11.8 Å². The van der Waals surface area contributed by atoms with Crippen molar-refractivity contribution >= 4 is 35.6 Å². The molecule has 0 radical (unpaired) electrons. The molecule has 1 aromatic carbocycles. The number of hydrogen-bond acceptors (Lipinski definition) is 9. The summed E-state index contributed by atoms with van der Waals surface area (Å²) in [6.07, 6.45) is 4.51. The molecule has 42 heavy (non-hydrogen) atoms. The molecule has 1 saturated carbocycles. The molecule has 1 aliphatic carbocycles. The maximum atomic E-state index is 13.4. The van der Waals surface area contributed by atoms with E-state index in [2.05, 4.69) is 16.0 Å². The van der Waals surface area contributed by atoms with Crippen LogP contribution in [0.4, 0.5) is 4.79 Å². The van der Waals surface area contributed by atoms with Gasteiger partial charge in [0.1, 0.15) is 23.8 Å². The molecule has 2 rings (SSSR count). The van der Waals surface area contributed by atoms with Crippen LogP contribution in [0.2, 0.25) is 0 Å². The number of nitrogens with one attached hydrogen (secondary N) is 3. The van der Waals surface area contributed by atoms with Gasteiger partial charge in [-0.05, 0) is 44.9 Å². The maximum absolute atomic E-state index is 13.4. The average molecular weight is 609 g/mol. The van der Waals surface area contributed by atoms with Gasteiger partial charge in [0.05, 0.1) is 0 Å². The summed E-state index contributed by atoms with van der Waals surface area (Å²) in [4.78, 5) is 52.0. The Morgan fingerprint density at radius 2 is 1.64 bits per heavy atom. The molecule has 0 saturated heterocycles. The molecule has 11 nitrogen and oxygen atoms in total. The van der Waals surface area contributed by atoms with Crippen LogP contribution in [0.15, 0.2) is 30.3 Å². The highest BCUT2D eigenvalue weighted by Crippen LogP contribution is 2.28. The number of ether oxygens (including phenoxy) is 2. The van der Waals surface area contributed by atoms with Gasteiger partial charge < -0.3 is 30.9 Å². The fourth-order valence-electron chi connectivity index (χ4n) is 4.98. The minimum absolute atomic E-state index is 0.148. The number of thioether (sulfide) groups is 1. The van der Waals surface area contributed by atoms with Crippen LogP contribution in [-0.4, -0.2) is 84.0 Å². The Labute approximate surface area is 253 Å². The summed E-state index contributed by atoms with van der Waals surface area (Å²) in [7, 11) is 1.27. The standard InChI is InChI=1S/C30H48N4O7S/c1-30(2,3)41-29(39)33-22(17-20-14-10-7-11-15-20)26(36)32-23(18-42-5)27(37)34-28(38)25(40-4)24(35)21(31)16-19-12-8-6-9-13-19/h7,10-11,14-15,19,21-25,35H,6,8-9,12-13,16-18,31H2,1-5H3,(H,32,36)(H,33,39)(H,34,37,38)/t21?,22-,23-,24?,25?/m0/s1. The molecule has 3 unspecified atom stereocenters. The lowest BCUT2D eigenvalue weighted by Gasteiger charge is -2.30. The summed E-state index contributed by atoms with van der Waals surface area (Å²) in [5.41, 5.74) is 6.25. The molecule has 0 spiro atoms. The summed E-state index contributed by atoms with van der Waals surface area (Å²) in [5, 5.41) is 18.3. The highest BCUT2D eigenvalue weighted by molar-refractivity contribution is 7.98. The number of carbonyl (C=O) groups is 4. The third-order valence-corrected chi connectivity index (χ3v) is 7.76. The Morgan fingerprint density at radius 1 is 1.00 bits per heavy atom. The van der Waals surface area contributed by atoms with Crippen LogP contribution in [0.25, 0.3) is 0 Å². The van der Waals surface area contributed by atoms with E-state index in [4.69, 9.17) is 15.2 Å². The Bertz CT molecular complexity index is 1010. The van der Waals surface area contributed by atoms with Crippen molar-refractivity contribution in [1.82, 2.24) is 16.0 Å². The highest BCUT2D eigenvalue weighted by Gasteiger charge is 2.35. The van der Waals surface area contributed by atoms with Crippen LogP contribution in [0.1, 0.15) is 64.9 Å². The summed E-state index contributed by atoms with van der Waals surface area (Å²) in [6, 6.07) is 6.24. The van der Waals surface area contributed by atoms with Gasteiger partial charge in [-0.15, -0.1) is 0 Å². The van der Waals surface area contributed by atoms with Crippen molar-refractivity contribution in [3.8, 4) is 0 Å². The fraction of sp³-hybridized carbons (Fsp3) is 0.667. The van der Waals surface area contributed by atoms with Gasteiger partial charge in [-0.1, -0.05) is 62.4 Å². The zero-order valence-corrected chi connectivity index (χ0v) is 26.2. The number of aliphatic hydroxyl groups is 1. The molecule has 5 atom stereocenters. The Kier molecular flexibility index (Phi) is 14.8. The number of amides is 4. The molecule has 0 heterocycles. The lowest BCUT2D eigenvalue weighted by molar-refractivity contribution is -0.144. The molecule has 1 fully saturated rings. The Balaban J connectivity index is 2.09. The third kappa shape index (κ3) is 12.3. The molecule has 4 amide bonds. The number of aliphatic hydroxyl groups excluding tert-OH is 1. The maximum Gasteiger partial charge on any atom is 0.408 e. The van der Waals surface area contributed by atoms with E-state index >= 15 is 0 Å². The van der Waals surface area contributed by atoms with Gasteiger partial charge in [-0.25, -0.2) is 4.79 Å². The molecule has 1 aromatic rings. The smallest absolute Gasteiger partial charge is 0.408 e. The van der Waals surface area contributed by atoms with E-state index in [1.165, 1.54) is 25.3 Å². The predicted molar refractivity (Wildman–Crippen MR) is 163 cm³/mol. The van der Waals surface area contributed by atoms with Gasteiger partial charge in [-0.3, -0.25) is 19.7 Å². The van der Waals surface area contributed by atoms with Crippen molar-refractivity contribution in [2.75, 3.05) is 19.1 Å². The van der Waals surface area contributed by atoms with Gasteiger partial charge in [0, 0.05) is 25.3 Å². The van der Waals surface area contributed by atoms with E-state index in [1.54, 1.807) is 27.0 Å². The number of benzene rings is 1. The van der Waals surface area contributed by atoms with Crippen molar-refractivity contribution in [3.63, 3.8) is 0 Å². The molecule has 12 heteroatoms. The van der Waals surface area contributed by atoms with Crippen molar-refractivity contribution in [2.24, 2.45) is 11.7 Å². The van der Waals surface area contributed by atoms with Gasteiger partial charge >= 0.3 is 6.09 Å². The lowest BCUT2D eigenvalue weighted by atomic mass is 9.83. The van der Waals surface area contributed by atoms with Gasteiger partial charge in [0.25, 0.3) is 5.91 Å². The molecule has 0 bridgehead atoms. The highest BCUT2D eigenvalue weighted by atomic mass is 32.2. The van der Waals surface area contributed by atoms with E-state index in [1.807, 2.05) is 30.3 Å². The first-order valence-electron chi connectivity index (χ1n) is 14.5. The molecule has 0 aromatic heterocycles. The molecule has 1 aliphatic rings.